The summed E-state index contributed by atoms with van der Waals surface area (Å²) in [5, 5.41) is 20.9. The molecular weight excluding hydrogens is 892 g/mol. The first-order valence-electron chi connectivity index (χ1n) is 23.4. The van der Waals surface area contributed by atoms with E-state index in [1.54, 1.807) is 30.5 Å². The second-order valence-corrected chi connectivity index (χ2v) is 21.3. The van der Waals surface area contributed by atoms with Crippen molar-refractivity contribution < 1.29 is 27.6 Å². The van der Waals surface area contributed by atoms with Crippen LogP contribution < -0.4 is 25.0 Å². The fourth-order valence-corrected chi connectivity index (χ4v) is 11.1. The van der Waals surface area contributed by atoms with Gasteiger partial charge in [0.1, 0.15) is 22.8 Å². The largest absolute Gasteiger partial charge is 0.455 e. The van der Waals surface area contributed by atoms with E-state index in [2.05, 4.69) is 61.1 Å². The Labute approximate surface area is 396 Å². The molecule has 0 bridgehead atoms. The number of rotatable bonds is 14. The number of fused-ring (bicyclic) bond motifs is 1. The first-order valence-corrected chi connectivity index (χ1v) is 25.3. The van der Waals surface area contributed by atoms with E-state index in [1.165, 1.54) is 35.0 Å². The van der Waals surface area contributed by atoms with E-state index >= 15 is 0 Å². The average molecular weight is 952 g/mol. The minimum atomic E-state index is -4.57. The molecule has 5 aromatic rings. The molecule has 1 amide bonds. The molecule has 4 aliphatic rings. The van der Waals surface area contributed by atoms with Crippen molar-refractivity contribution in [2.75, 3.05) is 56.2 Å². The number of ether oxygens (including phenoxy) is 2. The van der Waals surface area contributed by atoms with Gasteiger partial charge in [0.05, 0.1) is 21.6 Å². The molecule has 2 aromatic heterocycles. The number of halogens is 1. The third kappa shape index (κ3) is 11.3. The Morgan fingerprint density at radius 1 is 0.940 bits per heavy atom. The van der Waals surface area contributed by atoms with Gasteiger partial charge in [0.15, 0.2) is 0 Å². The lowest BCUT2D eigenvalue weighted by Crippen LogP contribution is -2.47. The van der Waals surface area contributed by atoms with Gasteiger partial charge in [-0.25, -0.2) is 18.1 Å². The molecule has 4 heterocycles. The summed E-state index contributed by atoms with van der Waals surface area (Å²) >= 11 is 6.25. The molecule has 67 heavy (non-hydrogen) atoms. The highest BCUT2D eigenvalue weighted by Gasteiger charge is 2.32. The van der Waals surface area contributed by atoms with Crippen LogP contribution in [0.5, 0.6) is 11.5 Å². The zero-order chi connectivity index (χ0) is 46.7. The van der Waals surface area contributed by atoms with Crippen LogP contribution in [0.3, 0.4) is 0 Å². The van der Waals surface area contributed by atoms with Crippen molar-refractivity contribution in [1.82, 2.24) is 24.9 Å². The molecule has 3 fully saturated rings. The number of allylic oxidation sites excluding steroid dienone is 1. The lowest BCUT2D eigenvalue weighted by atomic mass is 9.72. The van der Waals surface area contributed by atoms with E-state index in [0.717, 1.165) is 126 Å². The molecular formula is C50H59ClN8O7S. The third-order valence-electron chi connectivity index (χ3n) is 13.8. The summed E-state index contributed by atoms with van der Waals surface area (Å²) in [7, 11) is -4.57. The molecule has 2 aliphatic carbocycles. The molecule has 2 aliphatic heterocycles. The van der Waals surface area contributed by atoms with Gasteiger partial charge in [-0.1, -0.05) is 43.2 Å². The smallest absolute Gasteiger partial charge is 0.293 e. The summed E-state index contributed by atoms with van der Waals surface area (Å²) < 4.78 is 41.7. The summed E-state index contributed by atoms with van der Waals surface area (Å²) in [5.74, 6) is -0.456. The van der Waals surface area contributed by atoms with Crippen molar-refractivity contribution in [2.45, 2.75) is 94.7 Å². The number of nitrogens with one attached hydrogen (secondary N) is 4. The Morgan fingerprint density at radius 2 is 1.67 bits per heavy atom. The number of hydrogen-bond acceptors (Lipinski definition) is 12. The van der Waals surface area contributed by atoms with Crippen LogP contribution in [0.4, 0.5) is 17.1 Å². The Hall–Kier alpha value is -5.52. The minimum absolute atomic E-state index is 0.00646. The third-order valence-corrected chi connectivity index (χ3v) is 15.4. The Bertz CT molecular complexity index is 2740. The van der Waals surface area contributed by atoms with Crippen molar-refractivity contribution in [3.63, 3.8) is 0 Å². The van der Waals surface area contributed by atoms with E-state index < -0.39 is 25.7 Å². The van der Waals surface area contributed by atoms with Gasteiger partial charge in [-0.05, 0) is 123 Å². The number of piperazine rings is 1. The predicted molar refractivity (Wildman–Crippen MR) is 262 cm³/mol. The van der Waals surface area contributed by atoms with E-state index in [9.17, 15) is 23.3 Å². The van der Waals surface area contributed by atoms with Gasteiger partial charge in [-0.15, -0.1) is 0 Å². The number of aromatic nitrogens is 2. The van der Waals surface area contributed by atoms with E-state index in [4.69, 9.17) is 21.1 Å². The van der Waals surface area contributed by atoms with Crippen molar-refractivity contribution >= 4 is 61.2 Å². The number of nitro groups is 1. The zero-order valence-electron chi connectivity index (χ0n) is 38.1. The van der Waals surface area contributed by atoms with Crippen LogP contribution in [0.1, 0.15) is 87.6 Å². The van der Waals surface area contributed by atoms with Crippen molar-refractivity contribution in [1.29, 1.82) is 0 Å². The topological polar surface area (TPSA) is 184 Å². The van der Waals surface area contributed by atoms with Crippen molar-refractivity contribution in [3.05, 3.63) is 117 Å². The Morgan fingerprint density at radius 3 is 2.42 bits per heavy atom. The van der Waals surface area contributed by atoms with Gasteiger partial charge in [0.25, 0.3) is 21.6 Å². The number of carbonyl (C=O) groups is 1. The highest BCUT2D eigenvalue weighted by atomic mass is 35.5. The lowest BCUT2D eigenvalue weighted by Gasteiger charge is -2.39. The van der Waals surface area contributed by atoms with Crippen molar-refractivity contribution in [3.8, 4) is 11.5 Å². The number of benzene rings is 3. The monoisotopic (exact) mass is 950 g/mol. The average Bonchev–Trinajstić information content (AvgIpc) is 3.79. The first kappa shape index (κ1) is 46.6. The van der Waals surface area contributed by atoms with Crippen LogP contribution in [-0.4, -0.2) is 98.2 Å². The van der Waals surface area contributed by atoms with Crippen LogP contribution in [0, 0.1) is 15.5 Å². The van der Waals surface area contributed by atoms with Crippen LogP contribution in [0.2, 0.25) is 5.02 Å². The Kier molecular flexibility index (Phi) is 13.9. The summed E-state index contributed by atoms with van der Waals surface area (Å²) in [5.41, 5.74) is 5.63. The number of hydrogen-bond donors (Lipinski definition) is 4. The van der Waals surface area contributed by atoms with Crippen LogP contribution >= 0.6 is 11.6 Å². The normalized spacial score (nSPS) is 20.7. The minimum Gasteiger partial charge on any atom is -0.455 e. The maximum Gasteiger partial charge on any atom is 0.293 e. The quantitative estimate of drug-likeness (QED) is 0.0612. The lowest BCUT2D eigenvalue weighted by molar-refractivity contribution is -0.384. The number of H-pyrrole nitrogens is 1. The van der Waals surface area contributed by atoms with Crippen LogP contribution in [-0.2, 0) is 14.8 Å². The maximum atomic E-state index is 14.0. The fourth-order valence-electron chi connectivity index (χ4n) is 9.99. The number of sulfonamides is 1. The van der Waals surface area contributed by atoms with Gasteiger partial charge in [-0.2, -0.15) is 0 Å². The van der Waals surface area contributed by atoms with E-state index in [1.807, 2.05) is 18.2 Å². The molecule has 0 radical (unpaired) electrons. The van der Waals surface area contributed by atoms with E-state index in [-0.39, 0.29) is 34.1 Å². The molecule has 0 unspecified atom stereocenters. The molecule has 2 saturated heterocycles. The second kappa shape index (κ2) is 20.0. The molecule has 354 valence electrons. The van der Waals surface area contributed by atoms with Crippen molar-refractivity contribution in [2.24, 2.45) is 5.41 Å². The van der Waals surface area contributed by atoms with Crippen LogP contribution in [0.25, 0.3) is 16.6 Å². The van der Waals surface area contributed by atoms with E-state index in [0.29, 0.717) is 23.5 Å². The molecule has 0 spiro atoms. The summed E-state index contributed by atoms with van der Waals surface area (Å²) in [6.07, 6.45) is 12.0. The number of nitro benzene ring substituents is 1. The standard InChI is InChI=1S/C50H59ClN8O7S/c1-50(2)19-15-35(44(30-50)33-3-5-36(51)6-4-33)32-57-21-23-58(24-22-57)40-11-13-43(47(28-40)66-41-27-34-16-20-52-48(34)53-31-41)49(60)56-67(63,64)42-12-14-45(46(29-42)59(61)62)55-38-9-7-37(8-10-38)54-39-17-25-65-26-18-39/h3-6,11-14,16,20,27-29,31,37-39,54-55H,7-10,15,17-19,21-26,30,32H2,1-2H3,(H,52,53)(H,56,60). The summed E-state index contributed by atoms with van der Waals surface area (Å²) in [4.78, 5) is 37.6. The Balaban J connectivity index is 0.894. The fraction of sp³-hybridized carbons (Fsp3) is 0.440. The summed E-state index contributed by atoms with van der Waals surface area (Å²) in [6.45, 7) is 10.2. The SMILES string of the molecule is CC1(C)CCC(CN2CCN(c3ccc(C(=O)NS(=O)(=O)c4ccc(NC5CCC(NC6CCOCC6)CC5)c([N+](=O)[O-])c4)c(Oc4cnc5[nH]ccc5c4)c3)CC2)=C(c2ccc(Cl)cc2)C1. The highest BCUT2D eigenvalue weighted by molar-refractivity contribution is 7.90. The first-order chi connectivity index (χ1) is 32.2. The van der Waals surface area contributed by atoms with Gasteiger partial charge < -0.3 is 30.0 Å². The number of anilines is 2. The van der Waals surface area contributed by atoms with Gasteiger partial charge in [0, 0.05) is 98.5 Å². The number of nitrogens with zero attached hydrogens (tertiary/aromatic N) is 4. The van der Waals surface area contributed by atoms with Gasteiger partial charge in [-0.3, -0.25) is 19.8 Å². The summed E-state index contributed by atoms with van der Waals surface area (Å²) in [6, 6.07) is 21.4. The number of amides is 1. The van der Waals surface area contributed by atoms with Gasteiger partial charge >= 0.3 is 0 Å². The second-order valence-electron chi connectivity index (χ2n) is 19.2. The predicted octanol–water partition coefficient (Wildman–Crippen LogP) is 9.31. The molecule has 0 atom stereocenters. The number of pyridine rings is 1. The molecule has 1 saturated carbocycles. The molecule has 15 nitrogen and oxygen atoms in total. The molecule has 3 aromatic carbocycles. The number of aromatic amines is 1. The van der Waals surface area contributed by atoms with Gasteiger partial charge in [0.2, 0.25) is 0 Å². The zero-order valence-corrected chi connectivity index (χ0v) is 39.6. The molecule has 9 rings (SSSR count). The molecule has 17 heteroatoms. The molecule has 4 N–H and O–H groups in total. The number of carbonyl (C=O) groups excluding carboxylic acids is 1. The highest BCUT2D eigenvalue weighted by Crippen LogP contribution is 2.44. The maximum absolute atomic E-state index is 14.0. The van der Waals surface area contributed by atoms with Crippen LogP contribution in [0.15, 0.2) is 95.7 Å².